The number of aromatic nitrogens is 2. The first-order chi connectivity index (χ1) is 10.7. The van der Waals surface area contributed by atoms with Gasteiger partial charge in [-0.2, -0.15) is 0 Å². The summed E-state index contributed by atoms with van der Waals surface area (Å²) in [6, 6.07) is 1.83. The Kier molecular flexibility index (Phi) is 4.90. The van der Waals surface area contributed by atoms with Crippen LogP contribution in [0.5, 0.6) is 0 Å². The summed E-state index contributed by atoms with van der Waals surface area (Å²) >= 11 is 0. The highest BCUT2D eigenvalue weighted by Crippen LogP contribution is 2.18. The van der Waals surface area contributed by atoms with Crippen molar-refractivity contribution in [1.82, 2.24) is 14.9 Å². The van der Waals surface area contributed by atoms with Gasteiger partial charge in [-0.15, -0.1) is 0 Å². The van der Waals surface area contributed by atoms with Crippen LogP contribution in [0.1, 0.15) is 61.1 Å². The Balaban J connectivity index is 1.80. The van der Waals surface area contributed by atoms with Gasteiger partial charge in [0.05, 0.1) is 0 Å². The average molecular weight is 302 g/mol. The number of carbonyl (C=O) groups is 1. The second kappa shape index (κ2) is 7.07. The van der Waals surface area contributed by atoms with Crippen molar-refractivity contribution in [3.63, 3.8) is 0 Å². The molecule has 3 heterocycles. The molecule has 2 aliphatic rings. The smallest absolute Gasteiger partial charge is 0.272 e. The second-order valence-corrected chi connectivity index (χ2v) is 6.45. The lowest BCUT2D eigenvalue weighted by Crippen LogP contribution is -2.34. The summed E-state index contributed by atoms with van der Waals surface area (Å²) in [6.07, 6.45) is 8.32. The van der Waals surface area contributed by atoms with Crippen LogP contribution < -0.4 is 4.90 Å². The molecule has 2 saturated heterocycles. The molecule has 0 aromatic carbocycles. The Morgan fingerprint density at radius 1 is 0.909 bits per heavy atom. The number of rotatable bonds is 2. The number of anilines is 1. The van der Waals surface area contributed by atoms with Gasteiger partial charge in [0.1, 0.15) is 5.69 Å². The summed E-state index contributed by atoms with van der Waals surface area (Å²) in [5.41, 5.74) is 1.45. The van der Waals surface area contributed by atoms with Gasteiger partial charge in [-0.25, -0.2) is 9.97 Å². The first kappa shape index (κ1) is 15.3. The van der Waals surface area contributed by atoms with E-state index < -0.39 is 0 Å². The molecule has 0 bridgehead atoms. The molecule has 0 atom stereocenters. The van der Waals surface area contributed by atoms with E-state index in [0.29, 0.717) is 5.69 Å². The summed E-state index contributed by atoms with van der Waals surface area (Å²) < 4.78 is 0. The molecule has 0 N–H and O–H groups in total. The zero-order chi connectivity index (χ0) is 15.4. The van der Waals surface area contributed by atoms with Gasteiger partial charge in [-0.1, -0.05) is 12.8 Å². The van der Waals surface area contributed by atoms with Crippen molar-refractivity contribution in [3.05, 3.63) is 17.5 Å². The molecule has 0 aliphatic carbocycles. The van der Waals surface area contributed by atoms with Crippen molar-refractivity contribution in [2.24, 2.45) is 0 Å². The Morgan fingerprint density at radius 3 is 2.18 bits per heavy atom. The van der Waals surface area contributed by atoms with Crippen molar-refractivity contribution in [1.29, 1.82) is 0 Å². The molecule has 1 amide bonds. The fraction of sp³-hybridized carbons (Fsp3) is 0.706. The van der Waals surface area contributed by atoms with Crippen LogP contribution in [0.15, 0.2) is 6.07 Å². The van der Waals surface area contributed by atoms with Crippen molar-refractivity contribution < 1.29 is 4.79 Å². The zero-order valence-electron chi connectivity index (χ0n) is 13.6. The molecule has 0 radical (unpaired) electrons. The Bertz CT molecular complexity index is 517. The lowest BCUT2D eigenvalue weighted by Gasteiger charge is -2.27. The Hall–Kier alpha value is -1.65. The predicted octanol–water partition coefficient (Wildman–Crippen LogP) is 2.79. The first-order valence-corrected chi connectivity index (χ1v) is 8.64. The monoisotopic (exact) mass is 302 g/mol. The number of nitrogens with zero attached hydrogens (tertiary/aromatic N) is 4. The molecule has 2 aliphatic heterocycles. The molecule has 0 spiro atoms. The van der Waals surface area contributed by atoms with Crippen LogP contribution in [0.4, 0.5) is 5.95 Å². The maximum absolute atomic E-state index is 12.8. The minimum absolute atomic E-state index is 0.0747. The van der Waals surface area contributed by atoms with Crippen LogP contribution in [0.2, 0.25) is 0 Å². The minimum atomic E-state index is 0.0747. The quantitative estimate of drug-likeness (QED) is 0.843. The molecule has 3 rings (SSSR count). The first-order valence-electron chi connectivity index (χ1n) is 8.64. The van der Waals surface area contributed by atoms with Gasteiger partial charge in [-0.05, 0) is 45.1 Å². The lowest BCUT2D eigenvalue weighted by molar-refractivity contribution is 0.0755. The van der Waals surface area contributed by atoms with E-state index >= 15 is 0 Å². The molecular formula is C17H26N4O. The van der Waals surface area contributed by atoms with Gasteiger partial charge in [0.25, 0.3) is 5.91 Å². The summed E-state index contributed by atoms with van der Waals surface area (Å²) in [4.78, 5) is 26.1. The molecule has 1 aromatic heterocycles. The predicted molar refractivity (Wildman–Crippen MR) is 87.2 cm³/mol. The number of piperidine rings is 1. The molecule has 0 saturated carbocycles. The maximum Gasteiger partial charge on any atom is 0.272 e. The Labute approximate surface area is 132 Å². The van der Waals surface area contributed by atoms with Crippen LogP contribution in [0, 0.1) is 6.92 Å². The van der Waals surface area contributed by atoms with Crippen molar-refractivity contribution in [2.75, 3.05) is 31.1 Å². The topological polar surface area (TPSA) is 49.3 Å². The number of likely N-dealkylation sites (tertiary alicyclic amines) is 1. The van der Waals surface area contributed by atoms with E-state index in [4.69, 9.17) is 0 Å². The molecule has 22 heavy (non-hydrogen) atoms. The standard InChI is InChI=1S/C17H26N4O/c1-14-13-15(16(22)20-9-5-2-3-6-10-20)19-17(18-14)21-11-7-4-8-12-21/h13H,2-12H2,1H3. The zero-order valence-corrected chi connectivity index (χ0v) is 13.6. The van der Waals surface area contributed by atoms with Crippen LogP contribution in [-0.2, 0) is 0 Å². The molecule has 2 fully saturated rings. The van der Waals surface area contributed by atoms with E-state index in [1.807, 2.05) is 17.9 Å². The third kappa shape index (κ3) is 3.57. The third-order valence-corrected chi connectivity index (χ3v) is 4.59. The van der Waals surface area contributed by atoms with Gasteiger partial charge in [0.15, 0.2) is 0 Å². The molecule has 5 nitrogen and oxygen atoms in total. The second-order valence-electron chi connectivity index (χ2n) is 6.45. The molecular weight excluding hydrogens is 276 g/mol. The van der Waals surface area contributed by atoms with Gasteiger partial charge in [0.2, 0.25) is 5.95 Å². The summed E-state index contributed by atoms with van der Waals surface area (Å²) in [7, 11) is 0. The molecule has 120 valence electrons. The molecule has 1 aromatic rings. The van der Waals surface area contributed by atoms with Gasteiger partial charge in [0, 0.05) is 31.9 Å². The SMILES string of the molecule is Cc1cc(C(=O)N2CCCCCC2)nc(N2CCCCC2)n1. The van der Waals surface area contributed by atoms with Crippen molar-refractivity contribution in [2.45, 2.75) is 51.9 Å². The van der Waals surface area contributed by atoms with Crippen LogP contribution in [-0.4, -0.2) is 47.0 Å². The van der Waals surface area contributed by atoms with E-state index in [0.717, 1.165) is 50.7 Å². The largest absolute Gasteiger partial charge is 0.341 e. The highest BCUT2D eigenvalue weighted by atomic mass is 16.2. The third-order valence-electron chi connectivity index (χ3n) is 4.59. The van der Waals surface area contributed by atoms with E-state index in [-0.39, 0.29) is 5.91 Å². The van der Waals surface area contributed by atoms with Crippen molar-refractivity contribution >= 4 is 11.9 Å². The lowest BCUT2D eigenvalue weighted by atomic mass is 10.1. The van der Waals surface area contributed by atoms with Crippen LogP contribution >= 0.6 is 0 Å². The van der Waals surface area contributed by atoms with Gasteiger partial charge < -0.3 is 9.80 Å². The summed E-state index contributed by atoms with van der Waals surface area (Å²) in [6.45, 7) is 5.68. The minimum Gasteiger partial charge on any atom is -0.341 e. The van der Waals surface area contributed by atoms with Crippen LogP contribution in [0.3, 0.4) is 0 Å². The van der Waals surface area contributed by atoms with Gasteiger partial charge >= 0.3 is 0 Å². The summed E-state index contributed by atoms with van der Waals surface area (Å²) in [5.74, 6) is 0.809. The highest BCUT2D eigenvalue weighted by Gasteiger charge is 2.21. The van der Waals surface area contributed by atoms with E-state index in [2.05, 4.69) is 14.9 Å². The number of hydrogen-bond acceptors (Lipinski definition) is 4. The number of carbonyl (C=O) groups excluding carboxylic acids is 1. The number of amides is 1. The Morgan fingerprint density at radius 2 is 1.50 bits per heavy atom. The van der Waals surface area contributed by atoms with E-state index in [9.17, 15) is 4.79 Å². The van der Waals surface area contributed by atoms with Gasteiger partial charge in [-0.3, -0.25) is 4.79 Å². The van der Waals surface area contributed by atoms with E-state index in [1.54, 1.807) is 0 Å². The molecule has 0 unspecified atom stereocenters. The summed E-state index contributed by atoms with van der Waals surface area (Å²) in [5, 5.41) is 0. The highest BCUT2D eigenvalue weighted by molar-refractivity contribution is 5.92. The molecule has 5 heteroatoms. The normalized spacial score (nSPS) is 19.9. The van der Waals surface area contributed by atoms with Crippen molar-refractivity contribution in [3.8, 4) is 0 Å². The fourth-order valence-electron chi connectivity index (χ4n) is 3.33. The average Bonchev–Trinajstić information content (AvgIpc) is 2.83. The number of hydrogen-bond donors (Lipinski definition) is 0. The maximum atomic E-state index is 12.8. The van der Waals surface area contributed by atoms with Crippen LogP contribution in [0.25, 0.3) is 0 Å². The van der Waals surface area contributed by atoms with E-state index in [1.165, 1.54) is 32.1 Å². The fourth-order valence-corrected chi connectivity index (χ4v) is 3.33. The number of aryl methyl sites for hydroxylation is 1.